The van der Waals surface area contributed by atoms with Crippen molar-refractivity contribution in [2.45, 2.75) is 86.5 Å². The topological polar surface area (TPSA) is 192 Å². The van der Waals surface area contributed by atoms with Crippen molar-refractivity contribution in [2.24, 2.45) is 11.1 Å². The number of hydrogen-bond donors (Lipinski definition) is 4. The Labute approximate surface area is 307 Å². The van der Waals surface area contributed by atoms with Gasteiger partial charge in [0.05, 0.1) is 55.2 Å². The van der Waals surface area contributed by atoms with Gasteiger partial charge >= 0.3 is 6.09 Å². The number of aliphatic hydroxyl groups excluding tert-OH is 1. The van der Waals surface area contributed by atoms with Crippen molar-refractivity contribution in [3.63, 3.8) is 0 Å². The van der Waals surface area contributed by atoms with E-state index in [0.29, 0.717) is 72.1 Å². The summed E-state index contributed by atoms with van der Waals surface area (Å²) in [6, 6.07) is 8.15. The molecule has 51 heavy (non-hydrogen) atoms. The van der Waals surface area contributed by atoms with Crippen LogP contribution >= 0.6 is 11.3 Å². The van der Waals surface area contributed by atoms with Crippen molar-refractivity contribution in [1.29, 1.82) is 0 Å². The molecule has 4 amide bonds. The Morgan fingerprint density at radius 3 is 2.08 bits per heavy atom. The van der Waals surface area contributed by atoms with E-state index >= 15 is 0 Å². The van der Waals surface area contributed by atoms with E-state index in [1.165, 1.54) is 10.4 Å². The second-order valence-corrected chi connectivity index (χ2v) is 14.3. The van der Waals surface area contributed by atoms with Crippen molar-refractivity contribution in [3.05, 3.63) is 41.0 Å². The Morgan fingerprint density at radius 2 is 1.61 bits per heavy atom. The van der Waals surface area contributed by atoms with Crippen LogP contribution in [0, 0.1) is 12.3 Å². The predicted octanol–water partition coefficient (Wildman–Crippen LogP) is 4.06. The van der Waals surface area contributed by atoms with Gasteiger partial charge in [0.2, 0.25) is 18.7 Å². The highest BCUT2D eigenvalue weighted by Crippen LogP contribution is 2.27. The van der Waals surface area contributed by atoms with E-state index in [2.05, 4.69) is 54.3 Å². The molecule has 2 aromatic rings. The number of carbonyl (C=O) groups excluding carboxylic acids is 4. The van der Waals surface area contributed by atoms with Crippen LogP contribution in [0.15, 0.2) is 29.8 Å². The van der Waals surface area contributed by atoms with E-state index in [9.17, 15) is 19.5 Å². The van der Waals surface area contributed by atoms with E-state index in [1.807, 2.05) is 52.3 Å². The Balaban J connectivity index is 0.000000716. The molecule has 0 aliphatic carbocycles. The molecule has 1 aliphatic heterocycles. The average Bonchev–Trinajstić information content (AvgIpc) is 3.68. The maximum absolute atomic E-state index is 11.6. The van der Waals surface area contributed by atoms with E-state index in [4.69, 9.17) is 23.7 Å². The van der Waals surface area contributed by atoms with Crippen LogP contribution in [-0.4, -0.2) is 111 Å². The van der Waals surface area contributed by atoms with Crippen LogP contribution in [-0.2, 0) is 39.9 Å². The molecule has 3 rings (SSSR count). The van der Waals surface area contributed by atoms with E-state index in [0.717, 1.165) is 24.2 Å². The first-order chi connectivity index (χ1) is 24.1. The number of nitrogens with one attached hydrogen (secondary N) is 2. The van der Waals surface area contributed by atoms with Gasteiger partial charge in [-0.3, -0.25) is 14.4 Å². The minimum atomic E-state index is -0.473. The zero-order valence-electron chi connectivity index (χ0n) is 31.7. The summed E-state index contributed by atoms with van der Waals surface area (Å²) in [7, 11) is 0. The Bertz CT molecular complexity index is 1230. The molecule has 1 saturated heterocycles. The Kier molecular flexibility index (Phi) is 25.2. The summed E-state index contributed by atoms with van der Waals surface area (Å²) in [6.45, 7) is 21.2. The lowest BCUT2D eigenvalue weighted by Gasteiger charge is -2.22. The van der Waals surface area contributed by atoms with Gasteiger partial charge in [-0.05, 0) is 57.6 Å². The Morgan fingerprint density at radius 1 is 1.02 bits per heavy atom. The summed E-state index contributed by atoms with van der Waals surface area (Å²) in [5.41, 5.74) is 8.92. The molecular formula is C36H61N5O9S. The number of alkyl carbamates (subject to hydrolysis) is 1. The lowest BCUT2D eigenvalue weighted by molar-refractivity contribution is -0.132. The summed E-state index contributed by atoms with van der Waals surface area (Å²) in [5.74, 6) is 0.170. The minimum Gasteiger partial charge on any atom is -0.444 e. The third kappa shape index (κ3) is 25.9. The molecule has 1 aliphatic rings. The molecule has 2 heterocycles. The van der Waals surface area contributed by atoms with Crippen LogP contribution in [0.5, 0.6) is 0 Å². The average molecular weight is 740 g/mol. The van der Waals surface area contributed by atoms with Gasteiger partial charge in [0, 0.05) is 39.2 Å². The van der Waals surface area contributed by atoms with Crippen LogP contribution in [0.1, 0.15) is 72.6 Å². The SMILES string of the molecule is CC(C)(C)CC(=O)N1CCC(O)C1.CCOCCOCCOCCNC(=O)OC(C)(C)C.Cc1ncsc1-c1ccc(CNC=O)cc1.NC=O. The number of aryl methyl sites for hydroxylation is 1. The predicted molar refractivity (Wildman–Crippen MR) is 199 cm³/mol. The second-order valence-electron chi connectivity index (χ2n) is 13.5. The first-order valence-corrected chi connectivity index (χ1v) is 17.9. The van der Waals surface area contributed by atoms with Gasteiger partial charge in [-0.15, -0.1) is 11.3 Å². The summed E-state index contributed by atoms with van der Waals surface area (Å²) < 4.78 is 20.7. The zero-order chi connectivity index (χ0) is 38.7. The molecule has 1 unspecified atom stereocenters. The van der Waals surface area contributed by atoms with Gasteiger partial charge < -0.3 is 45.3 Å². The quantitative estimate of drug-likeness (QED) is 0.153. The second kappa shape index (κ2) is 27.1. The number of likely N-dealkylation sites (tertiary alicyclic amines) is 1. The highest BCUT2D eigenvalue weighted by molar-refractivity contribution is 7.13. The number of rotatable bonds is 15. The molecule has 5 N–H and O–H groups in total. The van der Waals surface area contributed by atoms with Crippen molar-refractivity contribution in [3.8, 4) is 10.4 Å². The molecule has 290 valence electrons. The van der Waals surface area contributed by atoms with Crippen molar-refractivity contribution < 1.29 is 43.2 Å². The molecule has 14 nitrogen and oxygen atoms in total. The van der Waals surface area contributed by atoms with E-state index in [-0.39, 0.29) is 23.8 Å². The normalized spacial score (nSPS) is 13.7. The Hall–Kier alpha value is -3.63. The first kappa shape index (κ1) is 47.4. The highest BCUT2D eigenvalue weighted by Gasteiger charge is 2.27. The third-order valence-electron chi connectivity index (χ3n) is 6.41. The molecule has 1 aromatic heterocycles. The summed E-state index contributed by atoms with van der Waals surface area (Å²) >= 11 is 1.64. The number of amides is 4. The number of aromatic nitrogens is 1. The molecule has 1 aromatic carbocycles. The van der Waals surface area contributed by atoms with Crippen molar-refractivity contribution in [2.75, 3.05) is 59.3 Å². The summed E-state index contributed by atoms with van der Waals surface area (Å²) in [4.78, 5) is 48.8. The van der Waals surface area contributed by atoms with Gasteiger partial charge in [0.15, 0.2) is 0 Å². The molecule has 0 radical (unpaired) electrons. The molecule has 1 fully saturated rings. The van der Waals surface area contributed by atoms with Crippen LogP contribution in [0.25, 0.3) is 10.4 Å². The smallest absolute Gasteiger partial charge is 0.407 e. The number of nitrogens with zero attached hydrogens (tertiary/aromatic N) is 2. The molecule has 0 spiro atoms. The largest absolute Gasteiger partial charge is 0.444 e. The van der Waals surface area contributed by atoms with Gasteiger partial charge in [-0.25, -0.2) is 9.78 Å². The number of nitrogens with two attached hydrogens (primary N) is 1. The van der Waals surface area contributed by atoms with E-state index < -0.39 is 11.7 Å². The molecule has 0 bridgehead atoms. The van der Waals surface area contributed by atoms with Gasteiger partial charge in [-0.2, -0.15) is 0 Å². The number of primary amides is 1. The summed E-state index contributed by atoms with van der Waals surface area (Å²) in [6.07, 6.45) is 1.53. The van der Waals surface area contributed by atoms with E-state index in [1.54, 1.807) is 16.2 Å². The fourth-order valence-electron chi connectivity index (χ4n) is 4.17. The standard InChI is InChI=1S/C13H27NO5.C12H12N2OS.C10H19NO2.CH3NO/c1-5-16-8-9-18-11-10-17-7-6-14-12(15)19-13(2,3)4;1-9-12(16-8-14-9)11-4-2-10(3-5-11)6-13-7-15;1-10(2,3)6-9(13)11-5-4-8(12)7-11;2-1-3/h5-11H2,1-4H3,(H,14,15);2-5,7-8H,6H2,1H3,(H,13,15);8,12H,4-7H2,1-3H3;1H,(H2,2,3). The number of hydrogen-bond acceptors (Lipinski definition) is 11. The maximum Gasteiger partial charge on any atom is 0.407 e. The van der Waals surface area contributed by atoms with Crippen molar-refractivity contribution >= 4 is 36.2 Å². The minimum absolute atomic E-state index is 0.0463. The van der Waals surface area contributed by atoms with Crippen LogP contribution in [0.4, 0.5) is 4.79 Å². The van der Waals surface area contributed by atoms with Crippen molar-refractivity contribution in [1.82, 2.24) is 20.5 Å². The number of carbonyl (C=O) groups is 4. The van der Waals surface area contributed by atoms with Gasteiger partial charge in [0.1, 0.15) is 5.60 Å². The van der Waals surface area contributed by atoms with Gasteiger partial charge in [0.25, 0.3) is 0 Å². The zero-order valence-corrected chi connectivity index (χ0v) is 32.5. The highest BCUT2D eigenvalue weighted by atomic mass is 32.1. The molecule has 1 atom stereocenters. The van der Waals surface area contributed by atoms with Crippen LogP contribution in [0.3, 0.4) is 0 Å². The summed E-state index contributed by atoms with van der Waals surface area (Å²) in [5, 5.41) is 14.5. The lowest BCUT2D eigenvalue weighted by atomic mass is 9.92. The lowest BCUT2D eigenvalue weighted by Crippen LogP contribution is -2.34. The number of ether oxygens (including phenoxy) is 4. The fraction of sp³-hybridized carbons (Fsp3) is 0.639. The number of benzene rings is 1. The van der Waals surface area contributed by atoms with Gasteiger partial charge in [-0.1, -0.05) is 45.0 Å². The number of β-amino-alcohol motifs (C(OH)–C–C–N with tert-alkyl or cyclic N) is 1. The monoisotopic (exact) mass is 739 g/mol. The molecular weight excluding hydrogens is 678 g/mol. The third-order valence-corrected chi connectivity index (χ3v) is 7.39. The maximum atomic E-state index is 11.6. The molecule has 15 heteroatoms. The van der Waals surface area contributed by atoms with Crippen LogP contribution in [0.2, 0.25) is 0 Å². The van der Waals surface area contributed by atoms with Crippen LogP contribution < -0.4 is 16.4 Å². The number of aliphatic hydroxyl groups is 1. The number of thiazole rings is 1. The fourth-order valence-corrected chi connectivity index (χ4v) is 4.98. The first-order valence-electron chi connectivity index (χ1n) is 17.0. The molecule has 0 saturated carbocycles.